The first-order valence-corrected chi connectivity index (χ1v) is 6.86. The molecule has 0 aliphatic rings. The van der Waals surface area contributed by atoms with Crippen molar-refractivity contribution in [3.05, 3.63) is 29.9 Å². The van der Waals surface area contributed by atoms with Gasteiger partial charge in [-0.3, -0.25) is 0 Å². The number of hydrogen-bond acceptors (Lipinski definition) is 7. The Morgan fingerprint density at radius 2 is 2.16 bits per heavy atom. The van der Waals surface area contributed by atoms with Crippen molar-refractivity contribution in [3.63, 3.8) is 0 Å². The van der Waals surface area contributed by atoms with Gasteiger partial charge in [-0.2, -0.15) is 4.98 Å². The van der Waals surface area contributed by atoms with E-state index in [0.29, 0.717) is 23.9 Å². The summed E-state index contributed by atoms with van der Waals surface area (Å²) in [6, 6.07) is 4.18. The molecule has 5 N–H and O–H groups in total. The van der Waals surface area contributed by atoms with E-state index in [1.165, 1.54) is 18.2 Å². The van der Waals surface area contributed by atoms with Crippen LogP contribution in [0.3, 0.4) is 0 Å². The van der Waals surface area contributed by atoms with E-state index >= 15 is 0 Å². The average molecular weight is 283 g/mol. The molecule has 0 saturated carbocycles. The molecule has 1 aromatic carbocycles. The molecule has 0 aliphatic heterocycles. The minimum Gasteiger partial charge on any atom is -0.397 e. The lowest BCUT2D eigenvalue weighted by Gasteiger charge is -2.08. The van der Waals surface area contributed by atoms with Crippen LogP contribution in [0.1, 0.15) is 11.7 Å². The minimum atomic E-state index is -3.75. The number of aryl methyl sites for hydroxylation is 1. The van der Waals surface area contributed by atoms with Gasteiger partial charge in [0, 0.05) is 0 Å². The molecular weight excluding hydrogens is 270 g/mol. The number of nitrogens with one attached hydrogen (secondary N) is 1. The fraction of sp³-hybridized carbons (Fsp3) is 0.200. The zero-order valence-electron chi connectivity index (χ0n) is 10.1. The molecule has 0 radical (unpaired) electrons. The molecule has 9 heteroatoms. The number of hydrogen-bond donors (Lipinski definition) is 3. The normalized spacial score (nSPS) is 11.5. The molecule has 2 rings (SSSR count). The van der Waals surface area contributed by atoms with Gasteiger partial charge in [0.25, 0.3) is 0 Å². The third-order valence-corrected chi connectivity index (χ3v) is 3.26. The summed E-state index contributed by atoms with van der Waals surface area (Å²) in [5, 5.41) is 11.6. The molecule has 0 unspecified atom stereocenters. The van der Waals surface area contributed by atoms with Gasteiger partial charge in [0.05, 0.1) is 22.8 Å². The molecular formula is C10H13N5O3S. The van der Waals surface area contributed by atoms with E-state index in [0.717, 1.165) is 0 Å². The standard InChI is InChI=1S/C10H13N5O3S/c1-6-14-10(18-15-6)5-13-9-3-2-7(4-8(9)11)19(12,16)17/h2-4,13H,5,11H2,1H3,(H2,12,16,17). The highest BCUT2D eigenvalue weighted by Crippen LogP contribution is 2.22. The lowest BCUT2D eigenvalue weighted by atomic mass is 10.2. The number of benzene rings is 1. The van der Waals surface area contributed by atoms with Gasteiger partial charge in [0.15, 0.2) is 5.82 Å². The first-order chi connectivity index (χ1) is 8.86. The summed E-state index contributed by atoms with van der Waals surface area (Å²) in [6.07, 6.45) is 0. The summed E-state index contributed by atoms with van der Waals surface area (Å²) < 4.78 is 27.2. The molecule has 0 spiro atoms. The largest absolute Gasteiger partial charge is 0.397 e. The summed E-state index contributed by atoms with van der Waals surface area (Å²) in [4.78, 5) is 3.98. The van der Waals surface area contributed by atoms with Crippen LogP contribution in [0.2, 0.25) is 0 Å². The number of anilines is 2. The van der Waals surface area contributed by atoms with Crippen LogP contribution >= 0.6 is 0 Å². The maximum Gasteiger partial charge on any atom is 0.245 e. The van der Waals surface area contributed by atoms with Gasteiger partial charge in [-0.1, -0.05) is 5.16 Å². The van der Waals surface area contributed by atoms with E-state index in [2.05, 4.69) is 15.5 Å². The molecule has 8 nitrogen and oxygen atoms in total. The number of nitrogens with two attached hydrogens (primary N) is 2. The summed E-state index contributed by atoms with van der Waals surface area (Å²) >= 11 is 0. The predicted molar refractivity (Wildman–Crippen MR) is 68.6 cm³/mol. The van der Waals surface area contributed by atoms with Gasteiger partial charge in [-0.25, -0.2) is 13.6 Å². The topological polar surface area (TPSA) is 137 Å². The Morgan fingerprint density at radius 1 is 1.42 bits per heavy atom. The molecule has 0 amide bonds. The molecule has 0 atom stereocenters. The fourth-order valence-electron chi connectivity index (χ4n) is 1.46. The highest BCUT2D eigenvalue weighted by molar-refractivity contribution is 7.89. The maximum atomic E-state index is 11.1. The first kappa shape index (κ1) is 13.3. The highest BCUT2D eigenvalue weighted by atomic mass is 32.2. The van der Waals surface area contributed by atoms with E-state index in [1.807, 2.05) is 0 Å². The number of primary sulfonamides is 1. The zero-order chi connectivity index (χ0) is 14.0. The number of rotatable bonds is 4. The van der Waals surface area contributed by atoms with Gasteiger partial charge >= 0.3 is 0 Å². The third-order valence-electron chi connectivity index (χ3n) is 2.35. The van der Waals surface area contributed by atoms with Crippen molar-refractivity contribution >= 4 is 21.4 Å². The zero-order valence-corrected chi connectivity index (χ0v) is 10.9. The van der Waals surface area contributed by atoms with Crippen molar-refractivity contribution < 1.29 is 12.9 Å². The van der Waals surface area contributed by atoms with E-state index in [-0.39, 0.29) is 10.6 Å². The Hall–Kier alpha value is -2.13. The van der Waals surface area contributed by atoms with Crippen LogP contribution in [-0.2, 0) is 16.6 Å². The first-order valence-electron chi connectivity index (χ1n) is 5.31. The van der Waals surface area contributed by atoms with Crippen LogP contribution in [0.25, 0.3) is 0 Å². The second-order valence-corrected chi connectivity index (χ2v) is 5.44. The van der Waals surface area contributed by atoms with Gasteiger partial charge in [-0.05, 0) is 25.1 Å². The van der Waals surface area contributed by atoms with Crippen molar-refractivity contribution in [2.24, 2.45) is 5.14 Å². The van der Waals surface area contributed by atoms with E-state index in [1.54, 1.807) is 6.92 Å². The molecule has 1 aromatic heterocycles. The lowest BCUT2D eigenvalue weighted by molar-refractivity contribution is 0.379. The van der Waals surface area contributed by atoms with Crippen LogP contribution in [0.4, 0.5) is 11.4 Å². The van der Waals surface area contributed by atoms with Gasteiger partial charge in [-0.15, -0.1) is 0 Å². The summed E-state index contributed by atoms with van der Waals surface area (Å²) in [6.45, 7) is 2.00. The average Bonchev–Trinajstić information content (AvgIpc) is 2.72. The van der Waals surface area contributed by atoms with Crippen LogP contribution in [-0.4, -0.2) is 18.6 Å². The van der Waals surface area contributed by atoms with Crippen LogP contribution in [0.15, 0.2) is 27.6 Å². The number of sulfonamides is 1. The van der Waals surface area contributed by atoms with Crippen LogP contribution < -0.4 is 16.2 Å². The Morgan fingerprint density at radius 3 is 2.68 bits per heavy atom. The Kier molecular flexibility index (Phi) is 3.40. The maximum absolute atomic E-state index is 11.1. The summed E-state index contributed by atoms with van der Waals surface area (Å²) in [7, 11) is -3.75. The smallest absolute Gasteiger partial charge is 0.245 e. The van der Waals surface area contributed by atoms with Crippen molar-refractivity contribution in [2.45, 2.75) is 18.4 Å². The van der Waals surface area contributed by atoms with Crippen molar-refractivity contribution in [2.75, 3.05) is 11.1 Å². The number of nitrogen functional groups attached to an aromatic ring is 1. The highest BCUT2D eigenvalue weighted by Gasteiger charge is 2.10. The third kappa shape index (κ3) is 3.20. The van der Waals surface area contributed by atoms with Crippen molar-refractivity contribution in [3.8, 4) is 0 Å². The van der Waals surface area contributed by atoms with E-state index in [9.17, 15) is 8.42 Å². The quantitative estimate of drug-likeness (QED) is 0.682. The second-order valence-electron chi connectivity index (χ2n) is 3.88. The Bertz CT molecular complexity index is 695. The van der Waals surface area contributed by atoms with Crippen molar-refractivity contribution in [1.82, 2.24) is 10.1 Å². The molecule has 0 fully saturated rings. The lowest BCUT2D eigenvalue weighted by Crippen LogP contribution is -2.13. The van der Waals surface area contributed by atoms with Crippen LogP contribution in [0, 0.1) is 6.92 Å². The van der Waals surface area contributed by atoms with E-state index in [4.69, 9.17) is 15.4 Å². The summed E-state index contributed by atoms with van der Waals surface area (Å²) in [5.41, 5.74) is 6.56. The van der Waals surface area contributed by atoms with Crippen LogP contribution in [0.5, 0.6) is 0 Å². The monoisotopic (exact) mass is 283 g/mol. The summed E-state index contributed by atoms with van der Waals surface area (Å²) in [5.74, 6) is 0.946. The van der Waals surface area contributed by atoms with Gasteiger partial charge in [0.1, 0.15) is 0 Å². The molecule has 0 saturated heterocycles. The second kappa shape index (κ2) is 4.86. The van der Waals surface area contributed by atoms with E-state index < -0.39 is 10.0 Å². The molecule has 19 heavy (non-hydrogen) atoms. The fourth-order valence-corrected chi connectivity index (χ4v) is 2.01. The minimum absolute atomic E-state index is 0.0378. The molecule has 0 bridgehead atoms. The molecule has 2 aromatic rings. The van der Waals surface area contributed by atoms with Gasteiger partial charge in [0.2, 0.25) is 15.9 Å². The molecule has 1 heterocycles. The molecule has 0 aliphatic carbocycles. The van der Waals surface area contributed by atoms with Crippen molar-refractivity contribution in [1.29, 1.82) is 0 Å². The SMILES string of the molecule is Cc1noc(CNc2ccc(S(N)(=O)=O)cc2N)n1. The van der Waals surface area contributed by atoms with Gasteiger partial charge < -0.3 is 15.6 Å². The Balaban J connectivity index is 2.14. The number of nitrogens with zero attached hydrogens (tertiary/aromatic N) is 2. The molecule has 102 valence electrons. The Labute approximate surface area is 109 Å². The number of aromatic nitrogens is 2. The predicted octanol–water partition coefficient (Wildman–Crippen LogP) is 0.220.